The van der Waals surface area contributed by atoms with E-state index < -0.39 is 0 Å². The molecule has 0 unspecified atom stereocenters. The van der Waals surface area contributed by atoms with Crippen molar-refractivity contribution in [2.45, 2.75) is 26.2 Å². The van der Waals surface area contributed by atoms with E-state index in [1.807, 2.05) is 36.9 Å². The fraction of sp³-hybridized carbons (Fsp3) is 0.500. The van der Waals surface area contributed by atoms with Crippen LogP contribution in [-0.2, 0) is 0 Å². The molecule has 0 spiro atoms. The first-order chi connectivity index (χ1) is 8.16. The summed E-state index contributed by atoms with van der Waals surface area (Å²) in [6, 6.07) is 5.95. The van der Waals surface area contributed by atoms with E-state index in [1.165, 1.54) is 24.3 Å². The fourth-order valence-electron chi connectivity index (χ4n) is 2.22. The van der Waals surface area contributed by atoms with Gasteiger partial charge in [-0.15, -0.1) is 0 Å². The molecule has 0 saturated carbocycles. The van der Waals surface area contributed by atoms with Crippen molar-refractivity contribution < 1.29 is 4.79 Å². The van der Waals surface area contributed by atoms with Crippen LogP contribution in [0.4, 0.5) is 0 Å². The summed E-state index contributed by atoms with van der Waals surface area (Å²) in [7, 11) is 0. The lowest BCUT2D eigenvalue weighted by Crippen LogP contribution is -2.15. The van der Waals surface area contributed by atoms with Crippen LogP contribution >= 0.6 is 27.7 Å². The van der Waals surface area contributed by atoms with Crippen LogP contribution in [0.5, 0.6) is 0 Å². The first kappa shape index (κ1) is 13.2. The van der Waals surface area contributed by atoms with Crippen molar-refractivity contribution in [2.75, 3.05) is 11.5 Å². The van der Waals surface area contributed by atoms with E-state index in [1.54, 1.807) is 0 Å². The minimum atomic E-state index is 0.306. The third-order valence-corrected chi connectivity index (χ3v) is 4.86. The maximum absolute atomic E-state index is 12.3. The van der Waals surface area contributed by atoms with Gasteiger partial charge in [0, 0.05) is 16.5 Å². The molecule has 0 bridgehead atoms. The van der Waals surface area contributed by atoms with Gasteiger partial charge in [-0.2, -0.15) is 11.8 Å². The number of aryl methyl sites for hydroxylation is 1. The standard InChI is InChI=1S/C14H17BrOS/c1-10-2-3-12(15)9-13(10)14(16)8-11-4-6-17-7-5-11/h2-3,9,11H,4-8H2,1H3. The van der Waals surface area contributed by atoms with Crippen molar-refractivity contribution in [3.8, 4) is 0 Å². The highest BCUT2D eigenvalue weighted by atomic mass is 79.9. The predicted molar refractivity (Wildman–Crippen MR) is 77.9 cm³/mol. The number of carbonyl (C=O) groups excluding carboxylic acids is 1. The second-order valence-corrected chi connectivity index (χ2v) is 6.78. The fourth-order valence-corrected chi connectivity index (χ4v) is 3.78. The summed E-state index contributed by atoms with van der Waals surface area (Å²) in [6.07, 6.45) is 3.12. The monoisotopic (exact) mass is 312 g/mol. The number of halogens is 1. The number of hydrogen-bond acceptors (Lipinski definition) is 2. The van der Waals surface area contributed by atoms with Crippen molar-refractivity contribution >= 4 is 33.5 Å². The van der Waals surface area contributed by atoms with Gasteiger partial charge in [0.25, 0.3) is 0 Å². The number of rotatable bonds is 3. The number of benzene rings is 1. The average molecular weight is 313 g/mol. The molecule has 1 aliphatic rings. The molecule has 2 rings (SSSR count). The zero-order valence-electron chi connectivity index (χ0n) is 10.0. The summed E-state index contributed by atoms with van der Waals surface area (Å²) in [5, 5.41) is 0. The van der Waals surface area contributed by atoms with Crippen LogP contribution in [0.2, 0.25) is 0 Å². The average Bonchev–Trinajstić information content (AvgIpc) is 2.33. The molecule has 0 N–H and O–H groups in total. The van der Waals surface area contributed by atoms with Crippen LogP contribution < -0.4 is 0 Å². The largest absolute Gasteiger partial charge is 0.294 e. The van der Waals surface area contributed by atoms with Gasteiger partial charge in [-0.1, -0.05) is 22.0 Å². The molecule has 0 amide bonds. The second-order valence-electron chi connectivity index (χ2n) is 4.64. The summed E-state index contributed by atoms with van der Waals surface area (Å²) < 4.78 is 0.991. The lowest BCUT2D eigenvalue weighted by atomic mass is 9.92. The van der Waals surface area contributed by atoms with Crippen LogP contribution in [-0.4, -0.2) is 17.3 Å². The molecule has 17 heavy (non-hydrogen) atoms. The summed E-state index contributed by atoms with van der Waals surface area (Å²) >= 11 is 5.44. The van der Waals surface area contributed by atoms with Crippen molar-refractivity contribution in [1.82, 2.24) is 0 Å². The van der Waals surface area contributed by atoms with Gasteiger partial charge in [0.15, 0.2) is 5.78 Å². The van der Waals surface area contributed by atoms with E-state index >= 15 is 0 Å². The topological polar surface area (TPSA) is 17.1 Å². The van der Waals surface area contributed by atoms with E-state index in [9.17, 15) is 4.79 Å². The Morgan fingerprint density at radius 2 is 2.12 bits per heavy atom. The molecule has 3 heteroatoms. The highest BCUT2D eigenvalue weighted by Crippen LogP contribution is 2.27. The molecule has 1 saturated heterocycles. The maximum atomic E-state index is 12.3. The minimum Gasteiger partial charge on any atom is -0.294 e. The summed E-state index contributed by atoms with van der Waals surface area (Å²) in [4.78, 5) is 12.3. The second kappa shape index (κ2) is 6.05. The smallest absolute Gasteiger partial charge is 0.163 e. The Hall–Kier alpha value is -0.280. The highest BCUT2D eigenvalue weighted by molar-refractivity contribution is 9.10. The van der Waals surface area contributed by atoms with Gasteiger partial charge < -0.3 is 0 Å². The SMILES string of the molecule is Cc1ccc(Br)cc1C(=O)CC1CCSCC1. The molecule has 1 heterocycles. The van der Waals surface area contributed by atoms with Crippen LogP contribution in [0.15, 0.2) is 22.7 Å². The predicted octanol–water partition coefficient (Wildman–Crippen LogP) is 4.47. The Kier molecular flexibility index (Phi) is 4.69. The Morgan fingerprint density at radius 1 is 1.41 bits per heavy atom. The number of thioether (sulfide) groups is 1. The van der Waals surface area contributed by atoms with Gasteiger partial charge in [-0.05, 0) is 54.9 Å². The molecule has 1 aromatic carbocycles. The van der Waals surface area contributed by atoms with Gasteiger partial charge in [0.05, 0.1) is 0 Å². The van der Waals surface area contributed by atoms with Crippen LogP contribution in [0.1, 0.15) is 35.2 Å². The van der Waals surface area contributed by atoms with Gasteiger partial charge >= 0.3 is 0 Å². The normalized spacial score (nSPS) is 17.1. The number of ketones is 1. The van der Waals surface area contributed by atoms with Crippen molar-refractivity contribution in [3.05, 3.63) is 33.8 Å². The maximum Gasteiger partial charge on any atom is 0.163 e. The van der Waals surface area contributed by atoms with E-state index in [4.69, 9.17) is 0 Å². The lowest BCUT2D eigenvalue weighted by Gasteiger charge is -2.20. The molecule has 1 aliphatic heterocycles. The molecular formula is C14H17BrOS. The molecule has 1 aromatic rings. The van der Waals surface area contributed by atoms with E-state index in [0.717, 1.165) is 22.0 Å². The number of Topliss-reactive ketones (excluding diaryl/α,β-unsaturated/α-hetero) is 1. The zero-order chi connectivity index (χ0) is 12.3. The van der Waals surface area contributed by atoms with E-state index in [0.29, 0.717) is 11.7 Å². The van der Waals surface area contributed by atoms with E-state index in [-0.39, 0.29) is 0 Å². The quantitative estimate of drug-likeness (QED) is 0.766. The van der Waals surface area contributed by atoms with Crippen LogP contribution in [0.3, 0.4) is 0 Å². The van der Waals surface area contributed by atoms with Crippen molar-refractivity contribution in [2.24, 2.45) is 5.92 Å². The van der Waals surface area contributed by atoms with Gasteiger partial charge in [-0.3, -0.25) is 4.79 Å². The Morgan fingerprint density at radius 3 is 2.82 bits per heavy atom. The molecule has 92 valence electrons. The van der Waals surface area contributed by atoms with E-state index in [2.05, 4.69) is 15.9 Å². The summed E-state index contributed by atoms with van der Waals surface area (Å²) in [5.74, 6) is 3.34. The molecule has 0 radical (unpaired) electrons. The summed E-state index contributed by atoms with van der Waals surface area (Å²) in [6.45, 7) is 2.01. The molecule has 1 fully saturated rings. The molecule has 0 aliphatic carbocycles. The molecule has 0 atom stereocenters. The molecule has 0 aromatic heterocycles. The van der Waals surface area contributed by atoms with Gasteiger partial charge in [-0.25, -0.2) is 0 Å². The van der Waals surface area contributed by atoms with Crippen molar-refractivity contribution in [3.63, 3.8) is 0 Å². The Bertz CT molecular complexity index is 411. The van der Waals surface area contributed by atoms with Crippen LogP contribution in [0, 0.1) is 12.8 Å². The third kappa shape index (κ3) is 3.59. The lowest BCUT2D eigenvalue weighted by molar-refractivity contribution is 0.0958. The molecule has 1 nitrogen and oxygen atoms in total. The minimum absolute atomic E-state index is 0.306. The number of hydrogen-bond donors (Lipinski definition) is 0. The highest BCUT2D eigenvalue weighted by Gasteiger charge is 2.19. The van der Waals surface area contributed by atoms with Crippen molar-refractivity contribution in [1.29, 1.82) is 0 Å². The summed E-state index contributed by atoms with van der Waals surface area (Å²) in [5.41, 5.74) is 1.97. The third-order valence-electron chi connectivity index (χ3n) is 3.31. The Labute approximate surface area is 115 Å². The van der Waals surface area contributed by atoms with Gasteiger partial charge in [0.2, 0.25) is 0 Å². The Balaban J connectivity index is 2.05. The zero-order valence-corrected chi connectivity index (χ0v) is 12.4. The van der Waals surface area contributed by atoms with Gasteiger partial charge in [0.1, 0.15) is 0 Å². The first-order valence-electron chi connectivity index (χ1n) is 6.04. The number of carbonyl (C=O) groups is 1. The molecular weight excluding hydrogens is 296 g/mol. The first-order valence-corrected chi connectivity index (χ1v) is 7.98. The van der Waals surface area contributed by atoms with Crippen LogP contribution in [0.25, 0.3) is 0 Å².